The number of ketones is 1. The summed E-state index contributed by atoms with van der Waals surface area (Å²) in [5.74, 6) is -0.0752. The largest absolute Gasteiger partial charge is 0.452 e. The number of halogens is 1. The first kappa shape index (κ1) is 6.36. The Morgan fingerprint density at radius 2 is 2.44 bits per heavy atom. The predicted octanol–water partition coefficient (Wildman–Crippen LogP) is 2.14. The molecule has 3 heteroatoms. The molecule has 0 bridgehead atoms. The van der Waals surface area contributed by atoms with E-state index in [0.29, 0.717) is 5.56 Å². The van der Waals surface area contributed by atoms with E-state index in [4.69, 9.17) is 11.6 Å². The van der Waals surface area contributed by atoms with Gasteiger partial charge < -0.3 is 4.42 Å². The summed E-state index contributed by atoms with van der Waals surface area (Å²) < 4.78 is 4.67. The third-order valence-corrected chi connectivity index (χ3v) is 1.29. The summed E-state index contributed by atoms with van der Waals surface area (Å²) in [7, 11) is 0. The number of hydrogen-bond donors (Lipinski definition) is 0. The molecule has 2 nitrogen and oxygen atoms in total. The van der Waals surface area contributed by atoms with Gasteiger partial charge in [-0.15, -0.1) is 0 Å². The Bertz CT molecular complexity index is 227. The topological polar surface area (TPSA) is 30.2 Å². The van der Waals surface area contributed by atoms with Crippen LogP contribution in [0.2, 0.25) is 5.22 Å². The maximum Gasteiger partial charge on any atom is 0.203 e. The minimum Gasteiger partial charge on any atom is -0.452 e. The number of carbonyl (C=O) groups is 1. The number of hydrogen-bond acceptors (Lipinski definition) is 2. The molecule has 0 aliphatic carbocycles. The summed E-state index contributed by atoms with van der Waals surface area (Å²) in [6, 6.07) is 1.55. The van der Waals surface area contributed by atoms with Crippen LogP contribution in [0.4, 0.5) is 0 Å². The van der Waals surface area contributed by atoms with Gasteiger partial charge in [0.2, 0.25) is 5.22 Å². The Morgan fingerprint density at radius 3 is 2.67 bits per heavy atom. The average molecular weight is 145 g/mol. The Morgan fingerprint density at radius 1 is 1.78 bits per heavy atom. The van der Waals surface area contributed by atoms with Crippen LogP contribution in [0.3, 0.4) is 0 Å². The smallest absolute Gasteiger partial charge is 0.203 e. The zero-order valence-corrected chi connectivity index (χ0v) is 5.61. The van der Waals surface area contributed by atoms with Crippen LogP contribution in [0.15, 0.2) is 16.7 Å². The second-order valence-corrected chi connectivity index (χ2v) is 2.01. The highest BCUT2D eigenvalue weighted by Gasteiger charge is 2.06. The standard InChI is InChI=1S/C6H5ClO2/c1-4(8)5-2-3-9-6(5)7/h2-3H,1H3. The highest BCUT2D eigenvalue weighted by molar-refractivity contribution is 6.32. The first-order valence-corrected chi connectivity index (χ1v) is 2.83. The second kappa shape index (κ2) is 2.23. The van der Waals surface area contributed by atoms with Gasteiger partial charge in [0.25, 0.3) is 0 Å². The molecule has 48 valence electrons. The molecule has 0 saturated carbocycles. The maximum atomic E-state index is 10.6. The molecule has 9 heavy (non-hydrogen) atoms. The fourth-order valence-corrected chi connectivity index (χ4v) is 0.794. The normalized spacial score (nSPS) is 9.56. The summed E-state index contributed by atoms with van der Waals surface area (Å²) in [4.78, 5) is 10.6. The molecule has 0 fully saturated rings. The van der Waals surface area contributed by atoms with E-state index in [0.717, 1.165) is 0 Å². The van der Waals surface area contributed by atoms with Crippen LogP contribution in [0.25, 0.3) is 0 Å². The zero-order chi connectivity index (χ0) is 6.85. The van der Waals surface area contributed by atoms with Crippen molar-refractivity contribution in [2.45, 2.75) is 6.92 Å². The first-order valence-electron chi connectivity index (χ1n) is 2.45. The van der Waals surface area contributed by atoms with Crippen LogP contribution < -0.4 is 0 Å². The van der Waals surface area contributed by atoms with Gasteiger partial charge in [-0.2, -0.15) is 0 Å². The van der Waals surface area contributed by atoms with Crippen LogP contribution >= 0.6 is 11.6 Å². The van der Waals surface area contributed by atoms with Crippen molar-refractivity contribution < 1.29 is 9.21 Å². The molecule has 0 saturated heterocycles. The Labute approximate surface area is 57.4 Å². The number of rotatable bonds is 1. The van der Waals surface area contributed by atoms with E-state index in [9.17, 15) is 4.79 Å². The molecule has 0 radical (unpaired) electrons. The maximum absolute atomic E-state index is 10.6. The molecule has 0 aliphatic heterocycles. The molecule has 1 rings (SSSR count). The Balaban J connectivity index is 3.08. The highest BCUT2D eigenvalue weighted by atomic mass is 35.5. The van der Waals surface area contributed by atoms with Crippen LogP contribution in [0.1, 0.15) is 17.3 Å². The zero-order valence-electron chi connectivity index (χ0n) is 4.85. The lowest BCUT2D eigenvalue weighted by atomic mass is 10.2. The van der Waals surface area contributed by atoms with E-state index in [1.54, 1.807) is 6.07 Å². The second-order valence-electron chi connectivity index (χ2n) is 1.66. The molecule has 1 aromatic heterocycles. The Kier molecular flexibility index (Phi) is 1.58. The van der Waals surface area contributed by atoms with Gasteiger partial charge in [0, 0.05) is 0 Å². The number of carbonyl (C=O) groups excluding carboxylic acids is 1. The summed E-state index contributed by atoms with van der Waals surface area (Å²) >= 11 is 5.45. The van der Waals surface area contributed by atoms with Crippen LogP contribution in [0, 0.1) is 0 Å². The first-order chi connectivity index (χ1) is 4.22. The van der Waals surface area contributed by atoms with E-state index in [2.05, 4.69) is 4.42 Å². The highest BCUT2D eigenvalue weighted by Crippen LogP contribution is 2.16. The average Bonchev–Trinajstić information content (AvgIpc) is 2.13. The minimum absolute atomic E-state index is 0.0752. The van der Waals surface area contributed by atoms with Gasteiger partial charge in [0.15, 0.2) is 5.78 Å². The lowest BCUT2D eigenvalue weighted by molar-refractivity contribution is 0.101. The fraction of sp³-hybridized carbons (Fsp3) is 0.167. The third-order valence-electron chi connectivity index (χ3n) is 0.997. The summed E-state index contributed by atoms with van der Waals surface area (Å²) in [5.41, 5.74) is 0.441. The molecule has 0 aliphatic rings. The van der Waals surface area contributed by atoms with Gasteiger partial charge in [-0.25, -0.2) is 0 Å². The van der Waals surface area contributed by atoms with E-state index in [-0.39, 0.29) is 11.0 Å². The summed E-state index contributed by atoms with van der Waals surface area (Å²) in [6.45, 7) is 1.44. The lowest BCUT2D eigenvalue weighted by Crippen LogP contribution is -1.87. The minimum atomic E-state index is -0.0752. The molecular weight excluding hydrogens is 140 g/mol. The van der Waals surface area contributed by atoms with Crippen LogP contribution in [-0.2, 0) is 0 Å². The van der Waals surface area contributed by atoms with Gasteiger partial charge in [0.05, 0.1) is 11.8 Å². The van der Waals surface area contributed by atoms with Crippen molar-refractivity contribution in [1.82, 2.24) is 0 Å². The van der Waals surface area contributed by atoms with Gasteiger partial charge in [-0.05, 0) is 24.6 Å². The SMILES string of the molecule is CC(=O)c1ccoc1Cl. The van der Waals surface area contributed by atoms with E-state index in [1.165, 1.54) is 13.2 Å². The van der Waals surface area contributed by atoms with Crippen molar-refractivity contribution in [3.05, 3.63) is 23.1 Å². The fourth-order valence-electron chi connectivity index (χ4n) is 0.547. The molecule has 0 aromatic carbocycles. The molecular formula is C6H5ClO2. The molecule has 1 heterocycles. The number of furan rings is 1. The van der Waals surface area contributed by atoms with Crippen LogP contribution in [-0.4, -0.2) is 5.78 Å². The van der Waals surface area contributed by atoms with Crippen molar-refractivity contribution in [3.8, 4) is 0 Å². The van der Waals surface area contributed by atoms with E-state index in [1.807, 2.05) is 0 Å². The van der Waals surface area contributed by atoms with Crippen molar-refractivity contribution in [2.24, 2.45) is 0 Å². The van der Waals surface area contributed by atoms with Gasteiger partial charge in [0.1, 0.15) is 0 Å². The van der Waals surface area contributed by atoms with E-state index >= 15 is 0 Å². The molecule has 0 spiro atoms. The molecule has 0 atom stereocenters. The summed E-state index contributed by atoms with van der Waals surface area (Å²) in [6.07, 6.45) is 1.39. The predicted molar refractivity (Wildman–Crippen MR) is 33.7 cm³/mol. The third kappa shape index (κ3) is 1.13. The van der Waals surface area contributed by atoms with Crippen molar-refractivity contribution >= 4 is 17.4 Å². The number of Topliss-reactive ketones (excluding diaryl/α,β-unsaturated/α-hetero) is 1. The van der Waals surface area contributed by atoms with Crippen molar-refractivity contribution in [3.63, 3.8) is 0 Å². The Hall–Kier alpha value is -0.760. The molecule has 0 amide bonds. The van der Waals surface area contributed by atoms with Crippen molar-refractivity contribution in [1.29, 1.82) is 0 Å². The van der Waals surface area contributed by atoms with Gasteiger partial charge in [-0.3, -0.25) is 4.79 Å². The van der Waals surface area contributed by atoms with E-state index < -0.39 is 0 Å². The monoisotopic (exact) mass is 144 g/mol. The molecule has 0 unspecified atom stereocenters. The molecule has 0 N–H and O–H groups in total. The van der Waals surface area contributed by atoms with Crippen LogP contribution in [0.5, 0.6) is 0 Å². The quantitative estimate of drug-likeness (QED) is 0.566. The van der Waals surface area contributed by atoms with Crippen molar-refractivity contribution in [2.75, 3.05) is 0 Å². The molecule has 1 aromatic rings. The van der Waals surface area contributed by atoms with Gasteiger partial charge in [-0.1, -0.05) is 0 Å². The lowest BCUT2D eigenvalue weighted by Gasteiger charge is -1.84. The van der Waals surface area contributed by atoms with Gasteiger partial charge >= 0.3 is 0 Å². The summed E-state index contributed by atoms with van der Waals surface area (Å²) in [5, 5.41) is 0.169.